The molecule has 1 N–H and O–H groups in total. The first kappa shape index (κ1) is 16.2. The average molecular weight is 339 g/mol. The highest BCUT2D eigenvalue weighted by molar-refractivity contribution is 5.78. The minimum absolute atomic E-state index is 0.0292. The molecule has 2 aliphatic rings. The molecule has 2 bridgehead atoms. The summed E-state index contributed by atoms with van der Waals surface area (Å²) in [5.41, 5.74) is 2.75. The first-order valence-corrected chi connectivity index (χ1v) is 8.74. The average Bonchev–Trinajstić information content (AvgIpc) is 2.95. The van der Waals surface area contributed by atoms with Crippen LogP contribution in [0.3, 0.4) is 0 Å². The number of nitrogens with zero attached hydrogens (tertiary/aromatic N) is 2. The first-order valence-electron chi connectivity index (χ1n) is 8.74. The molecule has 0 spiro atoms. The summed E-state index contributed by atoms with van der Waals surface area (Å²) in [6.07, 6.45) is 2.39. The van der Waals surface area contributed by atoms with E-state index in [1.165, 1.54) is 6.07 Å². The van der Waals surface area contributed by atoms with Gasteiger partial charge in [-0.05, 0) is 47.9 Å². The molecule has 5 heteroatoms. The van der Waals surface area contributed by atoms with E-state index >= 15 is 0 Å². The third-order valence-corrected chi connectivity index (χ3v) is 6.51. The summed E-state index contributed by atoms with van der Waals surface area (Å²) < 4.78 is 14.1. The van der Waals surface area contributed by atoms with Crippen molar-refractivity contribution < 1.29 is 9.18 Å². The zero-order chi connectivity index (χ0) is 17.8. The van der Waals surface area contributed by atoms with Gasteiger partial charge >= 0.3 is 0 Å². The standard InChI is InChI=1S/C20H22FN3O/c1-19(2)14-8-9-20(19,11-17(25)22-3)18-13(14)10-16(23-24-18)12-6-4-5-7-15(12)21/h4-7,10,14H,8-9,11H2,1-3H3,(H,22,25)/t14-,20?/m1/s1. The molecular weight excluding hydrogens is 317 g/mol. The van der Waals surface area contributed by atoms with Gasteiger partial charge < -0.3 is 5.32 Å². The predicted molar refractivity (Wildman–Crippen MR) is 93.5 cm³/mol. The second-order valence-corrected chi connectivity index (χ2v) is 7.76. The molecule has 0 aliphatic heterocycles. The summed E-state index contributed by atoms with van der Waals surface area (Å²) in [5, 5.41) is 11.6. The van der Waals surface area contributed by atoms with Gasteiger partial charge in [-0.2, -0.15) is 10.2 Å². The van der Waals surface area contributed by atoms with Gasteiger partial charge in [-0.1, -0.05) is 26.0 Å². The molecule has 4 rings (SSSR count). The van der Waals surface area contributed by atoms with E-state index in [4.69, 9.17) is 0 Å². The Morgan fingerprint density at radius 3 is 2.80 bits per heavy atom. The molecule has 2 aromatic rings. The lowest BCUT2D eigenvalue weighted by atomic mass is 9.66. The topological polar surface area (TPSA) is 54.9 Å². The van der Waals surface area contributed by atoms with E-state index in [0.29, 0.717) is 23.6 Å². The van der Waals surface area contributed by atoms with E-state index in [-0.39, 0.29) is 22.6 Å². The number of fused-ring (bicyclic) bond motifs is 5. The van der Waals surface area contributed by atoms with Crippen LogP contribution in [0.1, 0.15) is 50.3 Å². The van der Waals surface area contributed by atoms with E-state index in [1.807, 2.05) is 6.07 Å². The number of halogens is 1. The monoisotopic (exact) mass is 339 g/mol. The van der Waals surface area contributed by atoms with Crippen molar-refractivity contribution in [2.24, 2.45) is 5.41 Å². The molecule has 0 saturated heterocycles. The number of rotatable bonds is 3. The van der Waals surface area contributed by atoms with E-state index in [0.717, 1.165) is 24.1 Å². The minimum atomic E-state index is -0.292. The lowest BCUT2D eigenvalue weighted by Crippen LogP contribution is -2.40. The summed E-state index contributed by atoms with van der Waals surface area (Å²) in [6, 6.07) is 8.62. The Bertz CT molecular complexity index is 864. The van der Waals surface area contributed by atoms with E-state index in [2.05, 4.69) is 29.4 Å². The molecule has 1 saturated carbocycles. The molecule has 25 heavy (non-hydrogen) atoms. The van der Waals surface area contributed by atoms with Crippen LogP contribution in [0.15, 0.2) is 30.3 Å². The number of carbonyl (C=O) groups excluding carboxylic acids is 1. The highest BCUT2D eigenvalue weighted by Crippen LogP contribution is 2.68. The quantitative estimate of drug-likeness (QED) is 0.930. The van der Waals surface area contributed by atoms with Gasteiger partial charge in [0.15, 0.2) is 0 Å². The predicted octanol–water partition coefficient (Wildman–Crippen LogP) is 3.57. The number of aromatic nitrogens is 2. The highest BCUT2D eigenvalue weighted by Gasteiger charge is 2.63. The number of amides is 1. The van der Waals surface area contributed by atoms with Crippen LogP contribution in [-0.2, 0) is 10.2 Å². The maximum absolute atomic E-state index is 14.1. The van der Waals surface area contributed by atoms with Crippen molar-refractivity contribution in [3.05, 3.63) is 47.4 Å². The van der Waals surface area contributed by atoms with E-state index in [1.54, 1.807) is 25.2 Å². The maximum atomic E-state index is 14.1. The first-order chi connectivity index (χ1) is 11.9. The molecule has 1 fully saturated rings. The molecule has 1 aromatic heterocycles. The summed E-state index contributed by atoms with van der Waals surface area (Å²) in [4.78, 5) is 12.2. The van der Waals surface area contributed by atoms with Crippen LogP contribution in [0.4, 0.5) is 4.39 Å². The van der Waals surface area contributed by atoms with Crippen LogP contribution in [0.2, 0.25) is 0 Å². The molecule has 2 aliphatic carbocycles. The van der Waals surface area contributed by atoms with Crippen LogP contribution < -0.4 is 5.32 Å². The summed E-state index contributed by atoms with van der Waals surface area (Å²) >= 11 is 0. The molecule has 130 valence electrons. The normalized spacial score (nSPS) is 25.7. The lowest BCUT2D eigenvalue weighted by Gasteiger charge is -2.37. The highest BCUT2D eigenvalue weighted by atomic mass is 19.1. The Morgan fingerprint density at radius 2 is 2.08 bits per heavy atom. The fraction of sp³-hybridized carbons (Fsp3) is 0.450. The third kappa shape index (κ3) is 2.08. The van der Waals surface area contributed by atoms with Crippen molar-refractivity contribution in [1.82, 2.24) is 15.5 Å². The molecule has 1 heterocycles. The number of nitrogens with one attached hydrogen (secondary N) is 1. The summed E-state index contributed by atoms with van der Waals surface area (Å²) in [6.45, 7) is 4.44. The Labute approximate surface area is 146 Å². The number of carbonyl (C=O) groups is 1. The lowest BCUT2D eigenvalue weighted by molar-refractivity contribution is -0.122. The molecule has 1 unspecified atom stereocenters. The number of benzene rings is 1. The van der Waals surface area contributed by atoms with E-state index in [9.17, 15) is 9.18 Å². The van der Waals surface area contributed by atoms with Crippen LogP contribution in [0, 0.1) is 11.2 Å². The summed E-state index contributed by atoms with van der Waals surface area (Å²) in [5.74, 6) is 0.0639. The zero-order valence-electron chi connectivity index (χ0n) is 14.8. The van der Waals surface area contributed by atoms with Crippen LogP contribution >= 0.6 is 0 Å². The molecule has 1 amide bonds. The Hall–Kier alpha value is -2.30. The van der Waals surface area contributed by atoms with Crippen molar-refractivity contribution in [2.75, 3.05) is 7.05 Å². The molecule has 2 atom stereocenters. The van der Waals surface area contributed by atoms with Crippen molar-refractivity contribution in [3.63, 3.8) is 0 Å². The van der Waals surface area contributed by atoms with Gasteiger partial charge in [0.25, 0.3) is 0 Å². The van der Waals surface area contributed by atoms with Gasteiger partial charge in [0.05, 0.1) is 11.4 Å². The van der Waals surface area contributed by atoms with Crippen molar-refractivity contribution >= 4 is 5.91 Å². The smallest absolute Gasteiger partial charge is 0.220 e. The van der Waals surface area contributed by atoms with Gasteiger partial charge in [-0.15, -0.1) is 0 Å². The Morgan fingerprint density at radius 1 is 1.32 bits per heavy atom. The summed E-state index contributed by atoms with van der Waals surface area (Å²) in [7, 11) is 1.67. The van der Waals surface area contributed by atoms with Crippen LogP contribution in [-0.4, -0.2) is 23.2 Å². The zero-order valence-corrected chi connectivity index (χ0v) is 14.8. The molecular formula is C20H22FN3O. The Kier molecular flexibility index (Phi) is 3.46. The van der Waals surface area contributed by atoms with Gasteiger partial charge in [-0.3, -0.25) is 4.79 Å². The minimum Gasteiger partial charge on any atom is -0.359 e. The second kappa shape index (κ2) is 5.35. The van der Waals surface area contributed by atoms with Gasteiger partial charge in [0.1, 0.15) is 5.82 Å². The molecule has 0 radical (unpaired) electrons. The van der Waals surface area contributed by atoms with Gasteiger partial charge in [0.2, 0.25) is 5.91 Å². The molecule has 1 aromatic carbocycles. The van der Waals surface area contributed by atoms with Crippen LogP contribution in [0.5, 0.6) is 0 Å². The van der Waals surface area contributed by atoms with Crippen molar-refractivity contribution in [3.8, 4) is 11.3 Å². The van der Waals surface area contributed by atoms with Crippen molar-refractivity contribution in [2.45, 2.75) is 44.4 Å². The Balaban J connectivity index is 1.84. The maximum Gasteiger partial charge on any atom is 0.220 e. The van der Waals surface area contributed by atoms with E-state index < -0.39 is 0 Å². The third-order valence-electron chi connectivity index (χ3n) is 6.51. The molecule has 4 nitrogen and oxygen atoms in total. The number of hydrogen-bond donors (Lipinski definition) is 1. The fourth-order valence-electron chi connectivity index (χ4n) is 4.98. The van der Waals surface area contributed by atoms with Crippen molar-refractivity contribution in [1.29, 1.82) is 0 Å². The van der Waals surface area contributed by atoms with Crippen LogP contribution in [0.25, 0.3) is 11.3 Å². The second-order valence-electron chi connectivity index (χ2n) is 7.76. The number of hydrogen-bond acceptors (Lipinski definition) is 3. The van der Waals surface area contributed by atoms with Gasteiger partial charge in [-0.25, -0.2) is 4.39 Å². The fourth-order valence-corrected chi connectivity index (χ4v) is 4.98. The van der Waals surface area contributed by atoms with Gasteiger partial charge in [0, 0.05) is 24.4 Å². The SMILES string of the molecule is CNC(=O)CC12CC[C@H](c3cc(-c4ccccc4F)nnc31)C2(C)C. The largest absolute Gasteiger partial charge is 0.359 e.